The molecule has 0 aromatic heterocycles. The number of phosphoric ester groups is 2. The summed E-state index contributed by atoms with van der Waals surface area (Å²) in [6.07, 6.45) is 64.0. The van der Waals surface area contributed by atoms with Crippen molar-refractivity contribution in [2.45, 2.75) is 374 Å². The van der Waals surface area contributed by atoms with Gasteiger partial charge in [-0.15, -0.1) is 0 Å². The van der Waals surface area contributed by atoms with Gasteiger partial charge in [0, 0.05) is 25.7 Å². The van der Waals surface area contributed by atoms with Crippen LogP contribution in [0.5, 0.6) is 0 Å². The first-order valence-corrected chi connectivity index (χ1v) is 41.8. The smallest absolute Gasteiger partial charge is 0.462 e. The Hall–Kier alpha value is -2.98. The van der Waals surface area contributed by atoms with E-state index in [1.165, 1.54) is 141 Å². The Morgan fingerprint density at radius 1 is 0.333 bits per heavy atom. The fraction of sp³-hybridized carbons (Fsp3) is 0.844. The summed E-state index contributed by atoms with van der Waals surface area (Å²) >= 11 is 0. The van der Waals surface area contributed by atoms with Crippen LogP contribution in [0.4, 0.5) is 0 Å². The first-order chi connectivity index (χ1) is 46.6. The Balaban J connectivity index is 5.28. The van der Waals surface area contributed by atoms with Gasteiger partial charge in [0.15, 0.2) is 12.2 Å². The topological polar surface area (TPSA) is 237 Å². The fourth-order valence-corrected chi connectivity index (χ4v) is 12.3. The molecular weight excluding hydrogens is 1260 g/mol. The Bertz CT molecular complexity index is 2030. The highest BCUT2D eigenvalue weighted by molar-refractivity contribution is 7.47. The Morgan fingerprint density at radius 2 is 0.583 bits per heavy atom. The van der Waals surface area contributed by atoms with Crippen LogP contribution in [0, 0.1) is 5.92 Å². The molecule has 0 spiro atoms. The van der Waals surface area contributed by atoms with Gasteiger partial charge >= 0.3 is 39.5 Å². The van der Waals surface area contributed by atoms with Crippen LogP contribution in [-0.4, -0.2) is 96.7 Å². The minimum absolute atomic E-state index is 0.0827. The number of carbonyl (C=O) groups excluding carboxylic acids is 4. The number of esters is 4. The summed E-state index contributed by atoms with van der Waals surface area (Å²) in [4.78, 5) is 72.7. The number of hydrogen-bond acceptors (Lipinski definition) is 15. The minimum atomic E-state index is -4.97. The van der Waals surface area contributed by atoms with E-state index in [2.05, 4.69) is 83.2 Å². The number of unbranched alkanes of at least 4 members (excludes halogenated alkanes) is 38. The average Bonchev–Trinajstić information content (AvgIpc) is 2.42. The second kappa shape index (κ2) is 69.1. The molecular formula is C77H142O17P2. The zero-order valence-electron chi connectivity index (χ0n) is 61.5. The molecule has 0 radical (unpaired) electrons. The molecule has 562 valence electrons. The largest absolute Gasteiger partial charge is 0.472 e. The standard InChI is InChI=1S/C77H142O17P2/c1-6-10-13-16-19-22-24-26-28-33-37-41-46-51-56-61-75(80)88-67-73(94-77(82)63-58-53-48-43-39-35-31-30-32-36-40-44-49-54-59-70(5)9-4)69-92-96(85,86)90-65-71(78)64-89-95(83,84)91-68-72(66-87-74(79)60-55-50-45-21-18-15-12-8-3)93-76(81)62-57-52-47-42-38-34-29-27-25-23-20-17-14-11-7-2/h22-29,70-73,78H,6-21,30-69H2,1-5H3,(H,83,84)(H,85,86)/b24-22-,25-23-,28-26-,29-27-/t70?,71-,72+,73+/m0/s1. The van der Waals surface area contributed by atoms with Gasteiger partial charge in [-0.05, 0) is 83.0 Å². The van der Waals surface area contributed by atoms with Crippen LogP contribution in [-0.2, 0) is 65.4 Å². The molecule has 19 heteroatoms. The summed E-state index contributed by atoms with van der Waals surface area (Å²) in [5, 5.41) is 10.6. The van der Waals surface area contributed by atoms with Crippen LogP contribution in [0.15, 0.2) is 48.6 Å². The summed E-state index contributed by atoms with van der Waals surface area (Å²) < 4.78 is 68.4. The van der Waals surface area contributed by atoms with Gasteiger partial charge in [0.25, 0.3) is 0 Å². The lowest BCUT2D eigenvalue weighted by Crippen LogP contribution is -2.30. The zero-order valence-corrected chi connectivity index (χ0v) is 63.3. The van der Waals surface area contributed by atoms with E-state index in [-0.39, 0.29) is 25.7 Å². The van der Waals surface area contributed by atoms with E-state index in [9.17, 15) is 43.2 Å². The second-order valence-corrected chi connectivity index (χ2v) is 29.5. The normalized spacial score (nSPS) is 14.5. The third-order valence-corrected chi connectivity index (χ3v) is 19.0. The van der Waals surface area contributed by atoms with Gasteiger partial charge in [0.2, 0.25) is 0 Å². The number of hydrogen-bond donors (Lipinski definition) is 3. The predicted molar refractivity (Wildman–Crippen MR) is 390 cm³/mol. The molecule has 0 aliphatic rings. The van der Waals surface area contributed by atoms with Gasteiger partial charge in [-0.2, -0.15) is 0 Å². The molecule has 96 heavy (non-hydrogen) atoms. The quantitative estimate of drug-likeness (QED) is 0.0169. The van der Waals surface area contributed by atoms with Crippen molar-refractivity contribution in [3.05, 3.63) is 48.6 Å². The minimum Gasteiger partial charge on any atom is -0.462 e. The molecule has 0 fully saturated rings. The molecule has 3 unspecified atom stereocenters. The SMILES string of the molecule is CCCCCC/C=C\C=C/CCCCCCCC(=O)OC[C@H](COP(=O)(O)OC[C@@H](O)COP(=O)(O)OC[C@@H](COC(=O)CCCCCCCCCC)OC(=O)CCCCCCC/C=C\C=C/CCCCCC)OC(=O)CCCCCCCCCCCCCCCCC(C)CC. The van der Waals surface area contributed by atoms with Gasteiger partial charge < -0.3 is 33.8 Å². The fourth-order valence-electron chi connectivity index (χ4n) is 10.8. The van der Waals surface area contributed by atoms with E-state index < -0.39 is 97.5 Å². The number of aliphatic hydroxyl groups is 1. The van der Waals surface area contributed by atoms with E-state index >= 15 is 0 Å². The number of ether oxygens (including phenoxy) is 4. The van der Waals surface area contributed by atoms with E-state index in [0.29, 0.717) is 25.7 Å². The number of allylic oxidation sites excluding steroid dienone is 8. The highest BCUT2D eigenvalue weighted by atomic mass is 31.2. The highest BCUT2D eigenvalue weighted by Crippen LogP contribution is 2.45. The van der Waals surface area contributed by atoms with E-state index in [1.807, 2.05) is 0 Å². The van der Waals surface area contributed by atoms with Crippen molar-refractivity contribution in [3.63, 3.8) is 0 Å². The van der Waals surface area contributed by atoms with E-state index in [4.69, 9.17) is 37.0 Å². The third-order valence-electron chi connectivity index (χ3n) is 17.1. The van der Waals surface area contributed by atoms with E-state index in [0.717, 1.165) is 134 Å². The molecule has 0 aliphatic heterocycles. The average molecular weight is 1400 g/mol. The maximum Gasteiger partial charge on any atom is 0.472 e. The third kappa shape index (κ3) is 68.2. The maximum absolute atomic E-state index is 13.1. The Labute approximate surface area is 585 Å². The molecule has 0 heterocycles. The van der Waals surface area contributed by atoms with Crippen molar-refractivity contribution in [3.8, 4) is 0 Å². The zero-order chi connectivity index (χ0) is 70.5. The number of carbonyl (C=O) groups is 4. The van der Waals surface area contributed by atoms with Crippen LogP contribution >= 0.6 is 15.6 Å². The van der Waals surface area contributed by atoms with Gasteiger partial charge in [0.1, 0.15) is 19.3 Å². The van der Waals surface area contributed by atoms with Crippen molar-refractivity contribution in [2.75, 3.05) is 39.6 Å². The monoisotopic (exact) mass is 1400 g/mol. The van der Waals surface area contributed by atoms with Crippen LogP contribution in [0.3, 0.4) is 0 Å². The van der Waals surface area contributed by atoms with Crippen LogP contribution < -0.4 is 0 Å². The first kappa shape index (κ1) is 93.0. The lowest BCUT2D eigenvalue weighted by molar-refractivity contribution is -0.161. The van der Waals surface area contributed by atoms with Crippen LogP contribution in [0.25, 0.3) is 0 Å². The van der Waals surface area contributed by atoms with Gasteiger partial charge in [-0.25, -0.2) is 9.13 Å². The van der Waals surface area contributed by atoms with E-state index in [1.54, 1.807) is 0 Å². The Kier molecular flexibility index (Phi) is 67.0. The molecule has 0 rings (SSSR count). The molecule has 0 aromatic rings. The predicted octanol–water partition coefficient (Wildman–Crippen LogP) is 22.0. The highest BCUT2D eigenvalue weighted by Gasteiger charge is 2.30. The Morgan fingerprint density at radius 3 is 0.885 bits per heavy atom. The lowest BCUT2D eigenvalue weighted by Gasteiger charge is -2.21. The second-order valence-electron chi connectivity index (χ2n) is 26.6. The molecule has 0 aromatic carbocycles. The number of phosphoric acid groups is 2. The summed E-state index contributed by atoms with van der Waals surface area (Å²) in [5.74, 6) is -1.33. The molecule has 0 saturated carbocycles. The molecule has 17 nitrogen and oxygen atoms in total. The first-order valence-electron chi connectivity index (χ1n) is 38.8. The molecule has 0 bridgehead atoms. The van der Waals surface area contributed by atoms with Crippen molar-refractivity contribution in [2.24, 2.45) is 5.92 Å². The number of rotatable bonds is 73. The van der Waals surface area contributed by atoms with Crippen molar-refractivity contribution in [1.82, 2.24) is 0 Å². The summed E-state index contributed by atoms with van der Waals surface area (Å²) in [6, 6.07) is 0. The summed E-state index contributed by atoms with van der Waals surface area (Å²) in [6.45, 7) is 7.19. The maximum atomic E-state index is 13.1. The summed E-state index contributed by atoms with van der Waals surface area (Å²) in [7, 11) is -9.93. The van der Waals surface area contributed by atoms with Gasteiger partial charge in [-0.1, -0.05) is 302 Å². The van der Waals surface area contributed by atoms with Crippen molar-refractivity contribution >= 4 is 39.5 Å². The van der Waals surface area contributed by atoms with Gasteiger partial charge in [-0.3, -0.25) is 37.3 Å². The lowest BCUT2D eigenvalue weighted by atomic mass is 9.99. The molecule has 0 saturated heterocycles. The molecule has 0 amide bonds. The summed E-state index contributed by atoms with van der Waals surface area (Å²) in [5.41, 5.74) is 0. The molecule has 6 atom stereocenters. The van der Waals surface area contributed by atoms with Crippen molar-refractivity contribution in [1.29, 1.82) is 0 Å². The molecule has 0 aliphatic carbocycles. The van der Waals surface area contributed by atoms with Crippen LogP contribution in [0.1, 0.15) is 356 Å². The van der Waals surface area contributed by atoms with Gasteiger partial charge in [0.05, 0.1) is 26.4 Å². The van der Waals surface area contributed by atoms with Crippen molar-refractivity contribution < 1.29 is 80.2 Å². The molecule has 3 N–H and O–H groups in total. The number of aliphatic hydroxyl groups excluding tert-OH is 1. The van der Waals surface area contributed by atoms with Crippen LogP contribution in [0.2, 0.25) is 0 Å².